The lowest BCUT2D eigenvalue weighted by molar-refractivity contribution is 0.481. The molecule has 0 radical (unpaired) electrons. The molecule has 1 aromatic carbocycles. The van der Waals surface area contributed by atoms with Crippen LogP contribution in [-0.4, -0.2) is 4.57 Å². The molecule has 0 saturated heterocycles. The summed E-state index contributed by atoms with van der Waals surface area (Å²) in [5.41, 5.74) is 15.7. The summed E-state index contributed by atoms with van der Waals surface area (Å²) in [6.45, 7) is 0. The fraction of sp³-hybridized carbons (Fsp3) is 0.347. The van der Waals surface area contributed by atoms with E-state index in [1.807, 2.05) is 0 Å². The maximum atomic E-state index is 2.78. The summed E-state index contributed by atoms with van der Waals surface area (Å²) >= 11 is 0. The Hall–Kier alpha value is -4.36. The van der Waals surface area contributed by atoms with Crippen molar-refractivity contribution in [1.82, 2.24) is 4.57 Å². The maximum Gasteiger partial charge on any atom is 0.0565 e. The van der Waals surface area contributed by atoms with Crippen molar-refractivity contribution in [1.29, 1.82) is 0 Å². The monoisotopic (exact) mass is 651 g/mol. The van der Waals surface area contributed by atoms with Gasteiger partial charge in [-0.05, 0) is 122 Å². The lowest BCUT2D eigenvalue weighted by Crippen LogP contribution is -2.20. The number of allylic oxidation sites excluding steroid dienone is 20. The molecule has 8 aliphatic carbocycles. The molecule has 0 spiro atoms. The Balaban J connectivity index is 1.11. The van der Waals surface area contributed by atoms with E-state index in [-0.39, 0.29) is 0 Å². The van der Waals surface area contributed by atoms with Gasteiger partial charge >= 0.3 is 0 Å². The Bertz CT molecular complexity index is 2040. The van der Waals surface area contributed by atoms with Crippen LogP contribution in [0.5, 0.6) is 0 Å². The van der Waals surface area contributed by atoms with Crippen LogP contribution in [0.15, 0.2) is 149 Å². The zero-order valence-electron chi connectivity index (χ0n) is 29.3. The molecule has 6 unspecified atom stereocenters. The third-order valence-electron chi connectivity index (χ3n) is 13.3. The van der Waals surface area contributed by atoms with Crippen molar-refractivity contribution in [3.8, 4) is 0 Å². The average Bonchev–Trinajstić information content (AvgIpc) is 3.42. The highest BCUT2D eigenvalue weighted by atomic mass is 15.0. The van der Waals surface area contributed by atoms with Crippen molar-refractivity contribution in [2.75, 3.05) is 0 Å². The highest BCUT2D eigenvalue weighted by Crippen LogP contribution is 2.55. The summed E-state index contributed by atoms with van der Waals surface area (Å²) in [5.74, 6) is 3.19. The average molecular weight is 652 g/mol. The lowest BCUT2D eigenvalue weighted by Gasteiger charge is -2.33. The second-order valence-corrected chi connectivity index (χ2v) is 15.9. The molecule has 50 heavy (non-hydrogen) atoms. The molecule has 0 bridgehead atoms. The smallest absolute Gasteiger partial charge is 0.0565 e. The predicted molar refractivity (Wildman–Crippen MR) is 210 cm³/mol. The number of rotatable bonds is 4. The summed E-state index contributed by atoms with van der Waals surface area (Å²) in [7, 11) is 0. The molecule has 250 valence electrons. The number of fused-ring (bicyclic) bond motifs is 7. The van der Waals surface area contributed by atoms with Crippen LogP contribution in [0.1, 0.15) is 104 Å². The highest BCUT2D eigenvalue weighted by molar-refractivity contribution is 5.71. The van der Waals surface area contributed by atoms with Gasteiger partial charge in [-0.3, -0.25) is 0 Å². The molecule has 0 fully saturated rings. The predicted octanol–water partition coefficient (Wildman–Crippen LogP) is 12.4. The van der Waals surface area contributed by atoms with Gasteiger partial charge in [0.25, 0.3) is 0 Å². The summed E-state index contributed by atoms with van der Waals surface area (Å²) < 4.78 is 2.78. The molecule has 7 atom stereocenters. The van der Waals surface area contributed by atoms with E-state index in [0.717, 1.165) is 12.8 Å². The van der Waals surface area contributed by atoms with Gasteiger partial charge in [0.1, 0.15) is 0 Å². The second-order valence-electron chi connectivity index (χ2n) is 15.9. The number of aromatic nitrogens is 1. The Morgan fingerprint density at radius 3 is 2.50 bits per heavy atom. The van der Waals surface area contributed by atoms with Crippen molar-refractivity contribution >= 4 is 12.2 Å². The molecule has 0 aliphatic heterocycles. The van der Waals surface area contributed by atoms with E-state index >= 15 is 0 Å². The van der Waals surface area contributed by atoms with Crippen molar-refractivity contribution < 1.29 is 0 Å². The molecule has 0 saturated carbocycles. The van der Waals surface area contributed by atoms with Crippen LogP contribution in [0.3, 0.4) is 0 Å². The van der Waals surface area contributed by atoms with Crippen LogP contribution in [-0.2, 0) is 6.42 Å². The van der Waals surface area contributed by atoms with Crippen LogP contribution in [0, 0.1) is 23.7 Å². The molecule has 2 aromatic rings. The molecule has 1 heteroatoms. The van der Waals surface area contributed by atoms with Crippen LogP contribution >= 0.6 is 0 Å². The largest absolute Gasteiger partial charge is 0.334 e. The van der Waals surface area contributed by atoms with E-state index < -0.39 is 0 Å². The summed E-state index contributed by atoms with van der Waals surface area (Å²) in [5, 5.41) is 0. The first-order valence-electron chi connectivity index (χ1n) is 19.7. The first-order chi connectivity index (χ1) is 24.8. The fourth-order valence-electron chi connectivity index (χ4n) is 10.9. The molecule has 8 aliphatic rings. The van der Waals surface area contributed by atoms with Gasteiger partial charge in [0.15, 0.2) is 0 Å². The van der Waals surface area contributed by atoms with Crippen molar-refractivity contribution in [2.24, 2.45) is 23.7 Å². The lowest BCUT2D eigenvalue weighted by atomic mass is 9.71. The first-order valence-corrected chi connectivity index (χ1v) is 19.7. The van der Waals surface area contributed by atoms with Gasteiger partial charge in [0, 0.05) is 35.1 Å². The van der Waals surface area contributed by atoms with E-state index in [0.29, 0.717) is 41.5 Å². The van der Waals surface area contributed by atoms with E-state index in [2.05, 4.69) is 138 Å². The van der Waals surface area contributed by atoms with E-state index in [1.54, 1.807) is 33.4 Å². The number of benzene rings is 1. The third kappa shape index (κ3) is 5.19. The Morgan fingerprint density at radius 1 is 0.680 bits per heavy atom. The van der Waals surface area contributed by atoms with E-state index in [4.69, 9.17) is 0 Å². The minimum absolute atomic E-state index is 0.324. The molecular formula is C49H49N. The van der Waals surface area contributed by atoms with Crippen LogP contribution in [0.25, 0.3) is 12.2 Å². The Kier molecular flexibility index (Phi) is 7.77. The molecular weight excluding hydrogens is 603 g/mol. The molecule has 0 N–H and O–H groups in total. The molecule has 10 rings (SSSR count). The third-order valence-corrected chi connectivity index (χ3v) is 13.3. The quantitative estimate of drug-likeness (QED) is 0.310. The first kappa shape index (κ1) is 30.5. The van der Waals surface area contributed by atoms with Gasteiger partial charge in [0.05, 0.1) is 6.04 Å². The van der Waals surface area contributed by atoms with Gasteiger partial charge in [-0.15, -0.1) is 0 Å². The molecule has 1 heterocycles. The SMILES string of the molecule is C1=CCCC(C2C=Cc3c(c4c(n3C3C=C(C5=CC6C=CC=CC6CC5)C=CC3)C=CC3CC[C@H](c5ccccc5)C5=C(C=CCC5)C43)C2)=C1. The topological polar surface area (TPSA) is 4.93 Å². The number of hydrogen-bond acceptors (Lipinski definition) is 0. The van der Waals surface area contributed by atoms with Crippen molar-refractivity contribution in [3.63, 3.8) is 0 Å². The van der Waals surface area contributed by atoms with Crippen LogP contribution < -0.4 is 0 Å². The summed E-state index contributed by atoms with van der Waals surface area (Å²) in [6, 6.07) is 11.8. The Morgan fingerprint density at radius 2 is 1.58 bits per heavy atom. The van der Waals surface area contributed by atoms with Crippen LogP contribution in [0.4, 0.5) is 0 Å². The molecule has 0 amide bonds. The molecule has 1 nitrogen and oxygen atoms in total. The zero-order chi connectivity index (χ0) is 33.0. The normalized spacial score (nSPS) is 31.9. The summed E-state index contributed by atoms with van der Waals surface area (Å²) in [6.07, 6.45) is 53.6. The van der Waals surface area contributed by atoms with E-state index in [1.165, 1.54) is 73.9 Å². The van der Waals surface area contributed by atoms with Gasteiger partial charge in [-0.2, -0.15) is 0 Å². The second kappa shape index (κ2) is 12.8. The standard InChI is InChI=1S/C49H49N/c1-3-12-33(13-4-1)40-26-28-46-45(32-40)49-47(50(46)41-19-11-18-38(31-41)39-23-22-34-14-7-8-17-37(34)30-39)29-25-36-24-27-42(35-15-5-2-6-16-35)43-20-9-10-21-44(43)48(36)49/h1-3,5-8,10-12,14-18,21,25-26,28-31,34,36-37,40-42,48H,4,9,13,19-20,22-24,27,32H2/t34?,36?,37?,40?,41?,42-,48?/m1/s1. The summed E-state index contributed by atoms with van der Waals surface area (Å²) in [4.78, 5) is 0. The Labute approximate surface area is 299 Å². The van der Waals surface area contributed by atoms with Crippen molar-refractivity contribution in [3.05, 3.63) is 177 Å². The number of hydrogen-bond donors (Lipinski definition) is 0. The molecule has 1 aromatic heterocycles. The minimum Gasteiger partial charge on any atom is -0.334 e. The fourth-order valence-corrected chi connectivity index (χ4v) is 10.9. The van der Waals surface area contributed by atoms with E-state index in [9.17, 15) is 0 Å². The minimum atomic E-state index is 0.324. The highest BCUT2D eigenvalue weighted by Gasteiger charge is 2.41. The number of nitrogens with zero attached hydrogens (tertiary/aromatic N) is 1. The van der Waals surface area contributed by atoms with Gasteiger partial charge < -0.3 is 4.57 Å². The maximum absolute atomic E-state index is 2.78. The van der Waals surface area contributed by atoms with Gasteiger partial charge in [-0.25, -0.2) is 0 Å². The van der Waals surface area contributed by atoms with Gasteiger partial charge in [0.2, 0.25) is 0 Å². The zero-order valence-corrected chi connectivity index (χ0v) is 29.3. The van der Waals surface area contributed by atoms with Crippen LogP contribution in [0.2, 0.25) is 0 Å². The van der Waals surface area contributed by atoms with Gasteiger partial charge in [-0.1, -0.05) is 133 Å². The van der Waals surface area contributed by atoms with Crippen molar-refractivity contribution in [2.45, 2.75) is 82.1 Å².